The van der Waals surface area contributed by atoms with Crippen LogP contribution in [0.5, 0.6) is 11.5 Å². The Bertz CT molecular complexity index is 879. The molecule has 0 aromatic heterocycles. The van der Waals surface area contributed by atoms with Crippen molar-refractivity contribution in [3.8, 4) is 11.5 Å². The molecule has 160 valence electrons. The van der Waals surface area contributed by atoms with Crippen LogP contribution in [0, 0.1) is 0 Å². The van der Waals surface area contributed by atoms with E-state index in [2.05, 4.69) is 12.2 Å². The van der Waals surface area contributed by atoms with Crippen molar-refractivity contribution in [2.24, 2.45) is 0 Å². The number of nitrogens with zero attached hydrogens (tertiary/aromatic N) is 1. The third-order valence-electron chi connectivity index (χ3n) is 5.19. The van der Waals surface area contributed by atoms with Crippen LogP contribution in [0.2, 0.25) is 0 Å². The first-order valence-corrected chi connectivity index (χ1v) is 10.6. The fourth-order valence-corrected chi connectivity index (χ4v) is 3.39. The smallest absolute Gasteiger partial charge is 0.267 e. The number of carbonyl (C=O) groups is 2. The standard InChI is InChI=1S/C24H30N2O4/c1-4-5-6-7-8-15-29-20-12-9-18(10-13-20)23(27)25-19-11-14-22-21(16-19)26(3)24(28)17(2)30-22/h9-14,16-17H,4-8,15H2,1-3H3,(H,25,27). The minimum atomic E-state index is -0.514. The molecule has 1 N–H and O–H groups in total. The number of hydrogen-bond donors (Lipinski definition) is 1. The summed E-state index contributed by atoms with van der Waals surface area (Å²) in [5, 5.41) is 2.87. The SMILES string of the molecule is CCCCCCCOc1ccc(C(=O)Nc2ccc3c(c2)N(C)C(=O)C(C)O3)cc1. The highest BCUT2D eigenvalue weighted by molar-refractivity contribution is 6.05. The normalized spacial score (nSPS) is 15.4. The summed E-state index contributed by atoms with van der Waals surface area (Å²) in [6, 6.07) is 12.4. The molecule has 0 radical (unpaired) electrons. The first kappa shape index (κ1) is 21.7. The molecule has 1 atom stereocenters. The maximum atomic E-state index is 12.6. The highest BCUT2D eigenvalue weighted by Gasteiger charge is 2.29. The summed E-state index contributed by atoms with van der Waals surface area (Å²) in [5.41, 5.74) is 1.78. The minimum Gasteiger partial charge on any atom is -0.494 e. The van der Waals surface area contributed by atoms with E-state index in [0.717, 1.165) is 12.2 Å². The molecule has 0 fully saturated rings. The molecule has 0 saturated heterocycles. The Balaban J connectivity index is 1.56. The lowest BCUT2D eigenvalue weighted by Gasteiger charge is -2.30. The molecule has 0 aliphatic carbocycles. The number of rotatable bonds is 9. The van der Waals surface area contributed by atoms with E-state index < -0.39 is 6.10 Å². The Labute approximate surface area is 178 Å². The second-order valence-electron chi connectivity index (χ2n) is 7.58. The van der Waals surface area contributed by atoms with Gasteiger partial charge in [-0.15, -0.1) is 0 Å². The van der Waals surface area contributed by atoms with E-state index in [-0.39, 0.29) is 11.8 Å². The monoisotopic (exact) mass is 410 g/mol. The van der Waals surface area contributed by atoms with Crippen LogP contribution in [0.15, 0.2) is 42.5 Å². The van der Waals surface area contributed by atoms with Crippen molar-refractivity contribution in [3.05, 3.63) is 48.0 Å². The van der Waals surface area contributed by atoms with E-state index in [1.165, 1.54) is 25.7 Å². The number of anilines is 2. The van der Waals surface area contributed by atoms with Gasteiger partial charge in [-0.2, -0.15) is 0 Å². The van der Waals surface area contributed by atoms with Gasteiger partial charge in [-0.05, 0) is 55.8 Å². The highest BCUT2D eigenvalue weighted by Crippen LogP contribution is 2.35. The number of carbonyl (C=O) groups excluding carboxylic acids is 2. The number of ether oxygens (including phenoxy) is 2. The molecule has 6 nitrogen and oxygen atoms in total. The first-order valence-electron chi connectivity index (χ1n) is 10.6. The van der Waals surface area contributed by atoms with Crippen LogP contribution in [-0.2, 0) is 4.79 Å². The summed E-state index contributed by atoms with van der Waals surface area (Å²) < 4.78 is 11.4. The largest absolute Gasteiger partial charge is 0.494 e. The van der Waals surface area contributed by atoms with Gasteiger partial charge < -0.3 is 19.7 Å². The lowest BCUT2D eigenvalue weighted by Crippen LogP contribution is -2.41. The summed E-state index contributed by atoms with van der Waals surface area (Å²) >= 11 is 0. The predicted octanol–water partition coefficient (Wildman–Crippen LogP) is 5.03. The highest BCUT2D eigenvalue weighted by atomic mass is 16.5. The van der Waals surface area contributed by atoms with E-state index in [1.54, 1.807) is 49.2 Å². The molecule has 2 amide bonds. The number of unbranched alkanes of at least 4 members (excludes halogenated alkanes) is 4. The predicted molar refractivity (Wildman–Crippen MR) is 119 cm³/mol. The first-order chi connectivity index (χ1) is 14.5. The van der Waals surface area contributed by atoms with Crippen molar-refractivity contribution in [1.29, 1.82) is 0 Å². The fourth-order valence-electron chi connectivity index (χ4n) is 3.39. The summed E-state index contributed by atoms with van der Waals surface area (Å²) in [6.07, 6.45) is 5.46. The van der Waals surface area contributed by atoms with Crippen molar-refractivity contribution < 1.29 is 19.1 Å². The molecule has 1 unspecified atom stereocenters. The maximum Gasteiger partial charge on any atom is 0.267 e. The van der Waals surface area contributed by atoms with Gasteiger partial charge >= 0.3 is 0 Å². The summed E-state index contributed by atoms with van der Waals surface area (Å²) in [7, 11) is 1.70. The van der Waals surface area contributed by atoms with Crippen LogP contribution in [0.3, 0.4) is 0 Å². The van der Waals surface area contributed by atoms with E-state index >= 15 is 0 Å². The maximum absolute atomic E-state index is 12.6. The zero-order valence-electron chi connectivity index (χ0n) is 17.9. The van der Waals surface area contributed by atoms with Gasteiger partial charge in [-0.25, -0.2) is 0 Å². The quantitative estimate of drug-likeness (QED) is 0.589. The Kier molecular flexibility index (Phi) is 7.33. The van der Waals surface area contributed by atoms with Crippen molar-refractivity contribution in [3.63, 3.8) is 0 Å². The number of amides is 2. The second kappa shape index (κ2) is 10.1. The molecular weight excluding hydrogens is 380 g/mol. The lowest BCUT2D eigenvalue weighted by molar-refractivity contribution is -0.125. The van der Waals surface area contributed by atoms with Crippen LogP contribution in [-0.4, -0.2) is 31.6 Å². The molecule has 1 aliphatic rings. The van der Waals surface area contributed by atoms with Gasteiger partial charge in [0.15, 0.2) is 6.10 Å². The van der Waals surface area contributed by atoms with Gasteiger partial charge in [0.1, 0.15) is 11.5 Å². The molecule has 30 heavy (non-hydrogen) atoms. The van der Waals surface area contributed by atoms with E-state index in [1.807, 2.05) is 12.1 Å². The van der Waals surface area contributed by atoms with Gasteiger partial charge in [0, 0.05) is 18.3 Å². The second-order valence-corrected chi connectivity index (χ2v) is 7.58. The molecule has 0 bridgehead atoms. The lowest BCUT2D eigenvalue weighted by atomic mass is 10.1. The Morgan fingerprint density at radius 3 is 2.57 bits per heavy atom. The molecule has 2 aromatic carbocycles. The third kappa shape index (κ3) is 5.32. The fraction of sp³-hybridized carbons (Fsp3) is 0.417. The Morgan fingerprint density at radius 2 is 1.83 bits per heavy atom. The number of benzene rings is 2. The van der Waals surface area contributed by atoms with Crippen molar-refractivity contribution in [2.45, 2.75) is 52.1 Å². The van der Waals surface area contributed by atoms with Crippen molar-refractivity contribution >= 4 is 23.2 Å². The number of nitrogens with one attached hydrogen (secondary N) is 1. The molecule has 0 saturated carbocycles. The van der Waals surface area contributed by atoms with E-state index in [4.69, 9.17) is 9.47 Å². The molecule has 0 spiro atoms. The Hall–Kier alpha value is -3.02. The summed E-state index contributed by atoms with van der Waals surface area (Å²) in [4.78, 5) is 26.3. The zero-order valence-corrected chi connectivity index (χ0v) is 17.9. The van der Waals surface area contributed by atoms with Gasteiger partial charge in [-0.3, -0.25) is 9.59 Å². The topological polar surface area (TPSA) is 67.9 Å². The van der Waals surface area contributed by atoms with Crippen molar-refractivity contribution in [2.75, 3.05) is 23.9 Å². The van der Waals surface area contributed by atoms with Crippen LogP contribution in [0.1, 0.15) is 56.3 Å². The molecular formula is C24H30N2O4. The van der Waals surface area contributed by atoms with Gasteiger partial charge in [0.05, 0.1) is 12.3 Å². The molecule has 3 rings (SSSR count). The number of fused-ring (bicyclic) bond motifs is 1. The molecule has 6 heteroatoms. The Morgan fingerprint density at radius 1 is 1.10 bits per heavy atom. The average Bonchev–Trinajstić information content (AvgIpc) is 2.75. The molecule has 1 heterocycles. The van der Waals surface area contributed by atoms with E-state index in [9.17, 15) is 9.59 Å². The number of likely N-dealkylation sites (N-methyl/N-ethyl adjacent to an activating group) is 1. The summed E-state index contributed by atoms with van der Waals surface area (Å²) in [5.74, 6) is 1.05. The summed E-state index contributed by atoms with van der Waals surface area (Å²) in [6.45, 7) is 4.61. The number of hydrogen-bond acceptors (Lipinski definition) is 4. The van der Waals surface area contributed by atoms with E-state index in [0.29, 0.717) is 29.3 Å². The van der Waals surface area contributed by atoms with Crippen LogP contribution in [0.4, 0.5) is 11.4 Å². The van der Waals surface area contributed by atoms with Gasteiger partial charge in [-0.1, -0.05) is 32.6 Å². The van der Waals surface area contributed by atoms with Crippen LogP contribution in [0.25, 0.3) is 0 Å². The van der Waals surface area contributed by atoms with Crippen molar-refractivity contribution in [1.82, 2.24) is 0 Å². The minimum absolute atomic E-state index is 0.119. The average molecular weight is 411 g/mol. The van der Waals surface area contributed by atoms with Gasteiger partial charge in [0.2, 0.25) is 0 Å². The molecule has 2 aromatic rings. The zero-order chi connectivity index (χ0) is 21.5. The van der Waals surface area contributed by atoms with Crippen LogP contribution < -0.4 is 19.7 Å². The third-order valence-corrected chi connectivity index (χ3v) is 5.19. The van der Waals surface area contributed by atoms with Gasteiger partial charge in [0.25, 0.3) is 11.8 Å². The van der Waals surface area contributed by atoms with Crippen LogP contribution >= 0.6 is 0 Å². The molecule has 1 aliphatic heterocycles.